The quantitative estimate of drug-likeness (QED) is 0.622. The van der Waals surface area contributed by atoms with Gasteiger partial charge in [0.15, 0.2) is 0 Å². The van der Waals surface area contributed by atoms with Crippen molar-refractivity contribution >= 4 is 27.1 Å². The zero-order valence-electron chi connectivity index (χ0n) is 16.6. The molecular weight excluding hydrogens is 392 g/mol. The molecule has 1 saturated heterocycles. The Kier molecular flexibility index (Phi) is 7.01. The molecule has 28 heavy (non-hydrogen) atoms. The number of Topliss-reactive ketones (excluding diaryl/α,β-unsaturated/α-hetero) is 1. The minimum absolute atomic E-state index is 0.0461. The number of sulfonamides is 1. The first-order valence-corrected chi connectivity index (χ1v) is 12.3. The molecule has 0 N–H and O–H groups in total. The van der Waals surface area contributed by atoms with Crippen LogP contribution in [0.3, 0.4) is 0 Å². The van der Waals surface area contributed by atoms with Crippen molar-refractivity contribution < 1.29 is 13.2 Å². The Labute approximate surface area is 171 Å². The lowest BCUT2D eigenvalue weighted by Gasteiger charge is -2.32. The monoisotopic (exact) mass is 420 g/mol. The zero-order chi connectivity index (χ0) is 20.1. The largest absolute Gasteiger partial charge is 0.299 e. The third-order valence-corrected chi connectivity index (χ3v) is 8.08. The van der Waals surface area contributed by atoms with Crippen molar-refractivity contribution in [1.82, 2.24) is 9.29 Å². The van der Waals surface area contributed by atoms with Crippen molar-refractivity contribution in [2.75, 3.05) is 6.54 Å². The van der Waals surface area contributed by atoms with Gasteiger partial charge in [0.25, 0.3) is 0 Å². The predicted octanol–water partition coefficient (Wildman–Crippen LogP) is 4.68. The molecule has 0 spiro atoms. The lowest BCUT2D eigenvalue weighted by molar-refractivity contribution is -0.118. The van der Waals surface area contributed by atoms with Gasteiger partial charge in [0.05, 0.1) is 17.0 Å². The van der Waals surface area contributed by atoms with E-state index in [9.17, 15) is 13.2 Å². The summed E-state index contributed by atoms with van der Waals surface area (Å²) in [5, 5.41) is 2.74. The number of hydrogen-bond acceptors (Lipinski definition) is 5. The Morgan fingerprint density at radius 1 is 1.25 bits per heavy atom. The smallest absolute Gasteiger partial charge is 0.243 e. The molecular formula is C21H28N2O3S2. The van der Waals surface area contributed by atoms with E-state index < -0.39 is 10.0 Å². The van der Waals surface area contributed by atoms with Crippen LogP contribution in [0.5, 0.6) is 0 Å². The highest BCUT2D eigenvalue weighted by Crippen LogP contribution is 2.28. The lowest BCUT2D eigenvalue weighted by atomic mass is 10.1. The first kappa shape index (κ1) is 21.1. The summed E-state index contributed by atoms with van der Waals surface area (Å²) in [4.78, 5) is 16.8. The second-order valence-corrected chi connectivity index (χ2v) is 10.3. The average molecular weight is 421 g/mol. The summed E-state index contributed by atoms with van der Waals surface area (Å²) in [6, 6.07) is 6.98. The summed E-state index contributed by atoms with van der Waals surface area (Å²) in [5.41, 5.74) is 1.66. The summed E-state index contributed by atoms with van der Waals surface area (Å²) < 4.78 is 27.5. The van der Waals surface area contributed by atoms with Crippen LogP contribution >= 0.6 is 11.3 Å². The third-order valence-electron chi connectivity index (χ3n) is 5.21. The van der Waals surface area contributed by atoms with Crippen molar-refractivity contribution in [3.8, 4) is 11.3 Å². The van der Waals surface area contributed by atoms with Crippen LogP contribution in [0.25, 0.3) is 11.3 Å². The van der Waals surface area contributed by atoms with Gasteiger partial charge >= 0.3 is 0 Å². The van der Waals surface area contributed by atoms with Gasteiger partial charge < -0.3 is 0 Å². The average Bonchev–Trinajstić information content (AvgIpc) is 3.15. The Hall–Kier alpha value is -1.57. The maximum atomic E-state index is 12.9. The summed E-state index contributed by atoms with van der Waals surface area (Å²) in [6.07, 6.45) is 5.83. The first-order valence-electron chi connectivity index (χ1n) is 10.00. The number of carbonyl (C=O) groups is 1. The van der Waals surface area contributed by atoms with E-state index in [0.717, 1.165) is 48.4 Å². The summed E-state index contributed by atoms with van der Waals surface area (Å²) in [5.74, 6) is 0.222. The molecule has 152 valence electrons. The number of benzene rings is 1. The van der Waals surface area contributed by atoms with Crippen LogP contribution in [-0.2, 0) is 21.2 Å². The van der Waals surface area contributed by atoms with Gasteiger partial charge in [0.2, 0.25) is 10.0 Å². The zero-order valence-corrected chi connectivity index (χ0v) is 18.2. The van der Waals surface area contributed by atoms with Crippen molar-refractivity contribution in [3.63, 3.8) is 0 Å². The molecule has 0 amide bonds. The minimum atomic E-state index is -3.46. The molecule has 0 bridgehead atoms. The van der Waals surface area contributed by atoms with Gasteiger partial charge in [-0.2, -0.15) is 4.31 Å². The van der Waals surface area contributed by atoms with Crippen molar-refractivity contribution in [2.24, 2.45) is 0 Å². The van der Waals surface area contributed by atoms with E-state index in [1.165, 1.54) is 11.3 Å². The summed E-state index contributed by atoms with van der Waals surface area (Å²) in [7, 11) is -3.46. The number of ketones is 1. The van der Waals surface area contributed by atoms with Crippen molar-refractivity contribution in [3.05, 3.63) is 34.7 Å². The van der Waals surface area contributed by atoms with Gasteiger partial charge in [-0.15, -0.1) is 11.3 Å². The van der Waals surface area contributed by atoms with E-state index in [2.05, 4.69) is 11.9 Å². The van der Waals surface area contributed by atoms with Gasteiger partial charge in [-0.3, -0.25) is 4.79 Å². The Balaban J connectivity index is 1.72. The summed E-state index contributed by atoms with van der Waals surface area (Å²) >= 11 is 1.48. The van der Waals surface area contributed by atoms with Gasteiger partial charge in [-0.1, -0.05) is 31.9 Å². The van der Waals surface area contributed by atoms with Crippen LogP contribution in [0, 0.1) is 0 Å². The number of unbranched alkanes of at least 4 members (excludes halogenated alkanes) is 1. The molecule has 1 atom stereocenters. The molecule has 0 saturated carbocycles. The van der Waals surface area contributed by atoms with E-state index in [0.29, 0.717) is 24.3 Å². The molecule has 1 unspecified atom stereocenters. The van der Waals surface area contributed by atoms with Crippen LogP contribution in [0.2, 0.25) is 0 Å². The highest BCUT2D eigenvalue weighted by Gasteiger charge is 2.30. The molecule has 5 nitrogen and oxygen atoms in total. The molecule has 1 aliphatic heterocycles. The highest BCUT2D eigenvalue weighted by molar-refractivity contribution is 7.89. The molecule has 1 fully saturated rings. The summed E-state index contributed by atoms with van der Waals surface area (Å²) in [6.45, 7) is 4.64. The van der Waals surface area contributed by atoms with Gasteiger partial charge in [-0.05, 0) is 38.3 Å². The minimum Gasteiger partial charge on any atom is -0.299 e. The molecule has 0 aliphatic carbocycles. The topological polar surface area (TPSA) is 67.3 Å². The van der Waals surface area contributed by atoms with E-state index in [4.69, 9.17) is 0 Å². The molecule has 2 heterocycles. The molecule has 3 rings (SSSR count). The van der Waals surface area contributed by atoms with Gasteiger partial charge in [-0.25, -0.2) is 13.4 Å². The molecule has 0 radical (unpaired) electrons. The number of nitrogens with zero attached hydrogens (tertiary/aromatic N) is 2. The predicted molar refractivity (Wildman–Crippen MR) is 113 cm³/mol. The van der Waals surface area contributed by atoms with Crippen LogP contribution < -0.4 is 0 Å². The van der Waals surface area contributed by atoms with E-state index in [1.807, 2.05) is 12.3 Å². The van der Waals surface area contributed by atoms with Crippen LogP contribution in [0.1, 0.15) is 57.4 Å². The number of piperidine rings is 1. The van der Waals surface area contributed by atoms with Crippen LogP contribution in [-0.4, -0.2) is 36.1 Å². The molecule has 1 aromatic carbocycles. The number of rotatable bonds is 8. The first-order chi connectivity index (χ1) is 13.4. The van der Waals surface area contributed by atoms with Crippen LogP contribution in [0.15, 0.2) is 34.5 Å². The van der Waals surface area contributed by atoms with E-state index >= 15 is 0 Å². The normalized spacial score (nSPS) is 18.3. The maximum absolute atomic E-state index is 12.9. The SMILES string of the molecule is CCCCC(=O)Cc1nc(-c2ccc(S(=O)(=O)N3CCCCC3C)cc2)cs1. The van der Waals surface area contributed by atoms with E-state index in [-0.39, 0.29) is 11.8 Å². The number of aromatic nitrogens is 1. The number of carbonyl (C=O) groups excluding carboxylic acids is 1. The fourth-order valence-electron chi connectivity index (χ4n) is 3.52. The molecule has 1 aliphatic rings. The maximum Gasteiger partial charge on any atom is 0.243 e. The number of thiazole rings is 1. The Morgan fingerprint density at radius 2 is 2.00 bits per heavy atom. The second-order valence-electron chi connectivity index (χ2n) is 7.43. The van der Waals surface area contributed by atoms with Crippen molar-refractivity contribution in [2.45, 2.75) is 69.7 Å². The molecule has 1 aromatic heterocycles. The molecule has 7 heteroatoms. The standard InChI is InChI=1S/C21H28N2O3S2/c1-3-4-8-18(24)14-21-22-20(15-27-21)17-9-11-19(12-10-17)28(25,26)23-13-6-5-7-16(23)2/h9-12,15-16H,3-8,13-14H2,1-2H3. The van der Waals surface area contributed by atoms with E-state index in [1.54, 1.807) is 28.6 Å². The fraction of sp³-hybridized carbons (Fsp3) is 0.524. The Bertz CT molecular complexity index is 904. The molecule has 2 aromatic rings. The lowest BCUT2D eigenvalue weighted by Crippen LogP contribution is -2.41. The highest BCUT2D eigenvalue weighted by atomic mass is 32.2. The van der Waals surface area contributed by atoms with Crippen LogP contribution in [0.4, 0.5) is 0 Å². The van der Waals surface area contributed by atoms with Gasteiger partial charge in [0.1, 0.15) is 10.8 Å². The third kappa shape index (κ3) is 4.88. The van der Waals surface area contributed by atoms with Crippen molar-refractivity contribution in [1.29, 1.82) is 0 Å². The second kappa shape index (κ2) is 9.29. The fourth-order valence-corrected chi connectivity index (χ4v) is 6.05. The number of hydrogen-bond donors (Lipinski definition) is 0. The van der Waals surface area contributed by atoms with Gasteiger partial charge in [0, 0.05) is 30.0 Å². The Morgan fingerprint density at radius 3 is 2.68 bits per heavy atom.